The minimum Gasteiger partial charge on any atom is -0.341 e. The minimum atomic E-state index is 0.544. The van der Waals surface area contributed by atoms with E-state index in [-0.39, 0.29) is 0 Å². The van der Waals surface area contributed by atoms with E-state index in [1.54, 1.807) is 12.5 Å². The molecule has 3 aromatic rings. The van der Waals surface area contributed by atoms with Crippen LogP contribution in [0.3, 0.4) is 0 Å². The van der Waals surface area contributed by atoms with Crippen molar-refractivity contribution in [1.29, 1.82) is 0 Å². The van der Waals surface area contributed by atoms with Crippen LogP contribution in [0.15, 0.2) is 37.1 Å². The van der Waals surface area contributed by atoms with E-state index in [0.29, 0.717) is 5.15 Å². The van der Waals surface area contributed by atoms with Crippen molar-refractivity contribution in [3.63, 3.8) is 0 Å². The largest absolute Gasteiger partial charge is 0.341 e. The second-order valence-electron chi connectivity index (χ2n) is 4.01. The van der Waals surface area contributed by atoms with Gasteiger partial charge in [0.2, 0.25) is 0 Å². The molecule has 3 rings (SSSR count). The van der Waals surface area contributed by atoms with Gasteiger partial charge in [0.15, 0.2) is 0 Å². The van der Waals surface area contributed by atoms with Crippen LogP contribution in [0.25, 0.3) is 10.9 Å². The Morgan fingerprint density at radius 1 is 1.29 bits per heavy atom. The van der Waals surface area contributed by atoms with Crippen LogP contribution in [0.4, 0.5) is 0 Å². The highest BCUT2D eigenvalue weighted by molar-refractivity contribution is 6.34. The first kappa shape index (κ1) is 10.4. The van der Waals surface area contributed by atoms with Crippen LogP contribution in [0, 0.1) is 0 Å². The Balaban J connectivity index is 2.04. The van der Waals surface area contributed by atoms with Crippen LogP contribution < -0.4 is 0 Å². The van der Waals surface area contributed by atoms with Crippen molar-refractivity contribution in [2.45, 2.75) is 6.54 Å². The quantitative estimate of drug-likeness (QED) is 0.652. The van der Waals surface area contributed by atoms with Gasteiger partial charge in [-0.3, -0.25) is 0 Å². The molecule has 5 heteroatoms. The zero-order valence-electron chi connectivity index (χ0n) is 9.34. The third-order valence-electron chi connectivity index (χ3n) is 2.74. The monoisotopic (exact) mass is 246 g/mol. The lowest BCUT2D eigenvalue weighted by Crippen LogP contribution is -1.98. The SMILES string of the molecule is Cn1cnc(Cn2ccc3c(Cl)nccc32)c1. The van der Waals surface area contributed by atoms with Crippen molar-refractivity contribution in [1.82, 2.24) is 19.1 Å². The third kappa shape index (κ3) is 1.80. The van der Waals surface area contributed by atoms with Gasteiger partial charge in [0.1, 0.15) is 5.15 Å². The van der Waals surface area contributed by atoms with Crippen LogP contribution in [0.5, 0.6) is 0 Å². The number of aromatic nitrogens is 4. The molecule has 4 nitrogen and oxygen atoms in total. The maximum absolute atomic E-state index is 6.03. The first-order valence-corrected chi connectivity index (χ1v) is 5.68. The molecule has 86 valence electrons. The van der Waals surface area contributed by atoms with Crippen LogP contribution in [-0.4, -0.2) is 19.1 Å². The molecular weight excluding hydrogens is 236 g/mol. The molecule has 0 spiro atoms. The van der Waals surface area contributed by atoms with E-state index in [4.69, 9.17) is 11.6 Å². The molecule has 0 atom stereocenters. The molecule has 0 saturated carbocycles. The Morgan fingerprint density at radius 2 is 2.18 bits per heavy atom. The molecule has 0 saturated heterocycles. The summed E-state index contributed by atoms with van der Waals surface area (Å²) in [7, 11) is 1.96. The van der Waals surface area contributed by atoms with Gasteiger partial charge in [0.25, 0.3) is 0 Å². The van der Waals surface area contributed by atoms with Gasteiger partial charge in [-0.25, -0.2) is 9.97 Å². The Hall–Kier alpha value is -1.81. The zero-order chi connectivity index (χ0) is 11.8. The number of fused-ring (bicyclic) bond motifs is 1. The van der Waals surface area contributed by atoms with Gasteiger partial charge in [-0.1, -0.05) is 11.6 Å². The molecular formula is C12H11ClN4. The second-order valence-corrected chi connectivity index (χ2v) is 4.37. The summed E-state index contributed by atoms with van der Waals surface area (Å²) in [5.41, 5.74) is 2.11. The van der Waals surface area contributed by atoms with E-state index in [0.717, 1.165) is 23.1 Å². The average Bonchev–Trinajstić information content (AvgIpc) is 2.88. The highest BCUT2D eigenvalue weighted by Gasteiger charge is 2.06. The predicted molar refractivity (Wildman–Crippen MR) is 67.1 cm³/mol. The highest BCUT2D eigenvalue weighted by Crippen LogP contribution is 2.22. The van der Waals surface area contributed by atoms with Crippen LogP contribution in [0.2, 0.25) is 5.15 Å². The van der Waals surface area contributed by atoms with Gasteiger partial charge in [-0.2, -0.15) is 0 Å². The second kappa shape index (κ2) is 3.89. The Morgan fingerprint density at radius 3 is 2.94 bits per heavy atom. The number of halogens is 1. The number of hydrogen-bond donors (Lipinski definition) is 0. The van der Waals surface area contributed by atoms with Crippen molar-refractivity contribution < 1.29 is 0 Å². The number of hydrogen-bond acceptors (Lipinski definition) is 2. The molecule has 0 aliphatic carbocycles. The summed E-state index contributed by atoms with van der Waals surface area (Å²) in [5.74, 6) is 0. The van der Waals surface area contributed by atoms with Gasteiger partial charge in [0, 0.05) is 31.0 Å². The summed E-state index contributed by atoms with van der Waals surface area (Å²) in [4.78, 5) is 8.38. The van der Waals surface area contributed by atoms with Gasteiger partial charge in [-0.15, -0.1) is 0 Å². The molecule has 0 N–H and O–H groups in total. The topological polar surface area (TPSA) is 35.6 Å². The third-order valence-corrected chi connectivity index (χ3v) is 3.04. The summed E-state index contributed by atoms with van der Waals surface area (Å²) < 4.78 is 4.06. The van der Waals surface area contributed by atoms with Crippen LogP contribution in [-0.2, 0) is 13.6 Å². The summed E-state index contributed by atoms with van der Waals surface area (Å²) in [6, 6.07) is 3.94. The molecule has 0 unspecified atom stereocenters. The first-order valence-electron chi connectivity index (χ1n) is 5.30. The van der Waals surface area contributed by atoms with E-state index in [1.165, 1.54) is 0 Å². The fourth-order valence-electron chi connectivity index (χ4n) is 1.95. The maximum Gasteiger partial charge on any atom is 0.138 e. The van der Waals surface area contributed by atoms with Crippen molar-refractivity contribution >= 4 is 22.5 Å². The maximum atomic E-state index is 6.03. The minimum absolute atomic E-state index is 0.544. The molecule has 0 bridgehead atoms. The normalized spacial score (nSPS) is 11.2. The lowest BCUT2D eigenvalue weighted by Gasteiger charge is -2.02. The van der Waals surface area contributed by atoms with Gasteiger partial charge in [-0.05, 0) is 12.1 Å². The first-order chi connectivity index (χ1) is 8.24. The number of nitrogens with zero attached hydrogens (tertiary/aromatic N) is 4. The van der Waals surface area contributed by atoms with E-state index < -0.39 is 0 Å². The molecule has 0 radical (unpaired) electrons. The van der Waals surface area contributed by atoms with E-state index in [2.05, 4.69) is 14.5 Å². The van der Waals surface area contributed by atoms with Gasteiger partial charge >= 0.3 is 0 Å². The molecule has 0 aliphatic heterocycles. The standard InChI is InChI=1S/C12H11ClN4/c1-16-6-9(15-8-16)7-17-5-3-10-11(17)2-4-14-12(10)13/h2-6,8H,7H2,1H3. The Bertz CT molecular complexity index is 668. The van der Waals surface area contributed by atoms with Crippen LogP contribution >= 0.6 is 11.6 Å². The Kier molecular flexibility index (Phi) is 2.37. The fraction of sp³-hybridized carbons (Fsp3) is 0.167. The van der Waals surface area contributed by atoms with Crippen molar-refractivity contribution in [3.8, 4) is 0 Å². The van der Waals surface area contributed by atoms with Crippen molar-refractivity contribution in [2.75, 3.05) is 0 Å². The molecule has 3 heterocycles. The smallest absolute Gasteiger partial charge is 0.138 e. The molecule has 3 aromatic heterocycles. The Labute approximate surface area is 103 Å². The molecule has 0 amide bonds. The average molecular weight is 247 g/mol. The summed E-state index contributed by atoms with van der Waals surface area (Å²) in [6.07, 6.45) is 7.54. The number of aryl methyl sites for hydroxylation is 1. The van der Waals surface area contributed by atoms with E-state index >= 15 is 0 Å². The highest BCUT2D eigenvalue weighted by atomic mass is 35.5. The lowest BCUT2D eigenvalue weighted by molar-refractivity contribution is 0.811. The van der Waals surface area contributed by atoms with E-state index in [1.807, 2.05) is 36.1 Å². The predicted octanol–water partition coefficient (Wildman–Crippen LogP) is 2.47. The van der Waals surface area contributed by atoms with Crippen molar-refractivity contribution in [3.05, 3.63) is 47.9 Å². The molecule has 0 aromatic carbocycles. The number of rotatable bonds is 2. The molecule has 0 fully saturated rings. The lowest BCUT2D eigenvalue weighted by atomic mass is 10.3. The van der Waals surface area contributed by atoms with Crippen molar-refractivity contribution in [2.24, 2.45) is 7.05 Å². The zero-order valence-corrected chi connectivity index (χ0v) is 10.1. The molecule has 0 aliphatic rings. The summed E-state index contributed by atoms with van der Waals surface area (Å²) in [5, 5.41) is 1.52. The van der Waals surface area contributed by atoms with Gasteiger partial charge < -0.3 is 9.13 Å². The molecule has 17 heavy (non-hydrogen) atoms. The fourth-order valence-corrected chi connectivity index (χ4v) is 2.16. The summed E-state index contributed by atoms with van der Waals surface area (Å²) >= 11 is 6.03. The van der Waals surface area contributed by atoms with Crippen LogP contribution in [0.1, 0.15) is 5.69 Å². The van der Waals surface area contributed by atoms with Gasteiger partial charge in [0.05, 0.1) is 24.1 Å². The number of pyridine rings is 1. The van der Waals surface area contributed by atoms with E-state index in [9.17, 15) is 0 Å². The summed E-state index contributed by atoms with van der Waals surface area (Å²) in [6.45, 7) is 0.741. The number of imidazole rings is 1.